The molecule has 3 aromatic carbocycles. The molecule has 8 heteroatoms. The standard InChI is InChI=1S/C24H26N4O4/c1-29-19-8-6-18(7-9-19)28-26-20-10-5-17(15-21(20)27-28)25-12-11-16-13-22(30-2)24(32-4)23(14-16)31-3/h5-10,13-15,25H,11-12H2,1-4H3. The zero-order chi connectivity index (χ0) is 22.5. The fourth-order valence-corrected chi connectivity index (χ4v) is 3.49. The molecule has 0 amide bonds. The van der Waals surface area contributed by atoms with Crippen LogP contribution in [0.25, 0.3) is 16.7 Å². The molecule has 1 heterocycles. The molecule has 1 N–H and O–H groups in total. The van der Waals surface area contributed by atoms with Crippen molar-refractivity contribution in [2.75, 3.05) is 40.3 Å². The lowest BCUT2D eigenvalue weighted by Gasteiger charge is -2.14. The molecule has 0 unspecified atom stereocenters. The summed E-state index contributed by atoms with van der Waals surface area (Å²) in [7, 11) is 6.48. The molecule has 0 aliphatic heterocycles. The molecule has 0 aliphatic carbocycles. The summed E-state index contributed by atoms with van der Waals surface area (Å²) in [5.74, 6) is 2.69. The lowest BCUT2D eigenvalue weighted by molar-refractivity contribution is 0.324. The molecule has 0 aliphatic rings. The van der Waals surface area contributed by atoms with Crippen molar-refractivity contribution in [3.8, 4) is 28.7 Å². The molecule has 0 atom stereocenters. The van der Waals surface area contributed by atoms with Crippen LogP contribution in [-0.2, 0) is 6.42 Å². The Kier molecular flexibility index (Phi) is 6.30. The first-order valence-electron chi connectivity index (χ1n) is 10.2. The third-order valence-corrected chi connectivity index (χ3v) is 5.15. The third-order valence-electron chi connectivity index (χ3n) is 5.15. The number of hydrogen-bond acceptors (Lipinski definition) is 7. The fraction of sp³-hybridized carbons (Fsp3) is 0.250. The summed E-state index contributed by atoms with van der Waals surface area (Å²) in [5.41, 5.74) is 4.58. The maximum atomic E-state index is 5.43. The lowest BCUT2D eigenvalue weighted by Crippen LogP contribution is -2.05. The second-order valence-corrected chi connectivity index (χ2v) is 7.10. The van der Waals surface area contributed by atoms with Crippen molar-refractivity contribution in [1.82, 2.24) is 15.0 Å². The minimum Gasteiger partial charge on any atom is -0.497 e. The molecule has 4 rings (SSSR count). The first-order valence-corrected chi connectivity index (χ1v) is 10.2. The van der Waals surface area contributed by atoms with Crippen molar-refractivity contribution in [3.05, 3.63) is 60.2 Å². The molecule has 0 saturated heterocycles. The van der Waals surface area contributed by atoms with E-state index in [0.29, 0.717) is 17.2 Å². The summed E-state index contributed by atoms with van der Waals surface area (Å²) in [4.78, 5) is 1.63. The number of aromatic nitrogens is 3. The highest BCUT2D eigenvalue weighted by atomic mass is 16.5. The summed E-state index contributed by atoms with van der Waals surface area (Å²) >= 11 is 0. The Labute approximate surface area is 186 Å². The molecule has 0 bridgehead atoms. The molecule has 0 spiro atoms. The van der Waals surface area contributed by atoms with Crippen LogP contribution < -0.4 is 24.3 Å². The minimum atomic E-state index is 0.595. The van der Waals surface area contributed by atoms with Gasteiger partial charge < -0.3 is 24.3 Å². The predicted octanol–water partition coefficient (Wildman–Crippen LogP) is 4.11. The van der Waals surface area contributed by atoms with Crippen molar-refractivity contribution in [2.45, 2.75) is 6.42 Å². The Morgan fingerprint density at radius 2 is 1.44 bits per heavy atom. The number of nitrogens with zero attached hydrogens (tertiary/aromatic N) is 3. The molecule has 166 valence electrons. The van der Waals surface area contributed by atoms with Gasteiger partial charge in [-0.15, -0.1) is 10.2 Å². The summed E-state index contributed by atoms with van der Waals surface area (Å²) < 4.78 is 21.5. The van der Waals surface area contributed by atoms with Gasteiger partial charge in [0, 0.05) is 12.2 Å². The summed E-state index contributed by atoms with van der Waals surface area (Å²) in [5, 5.41) is 12.6. The average Bonchev–Trinajstić information content (AvgIpc) is 3.27. The minimum absolute atomic E-state index is 0.595. The summed E-state index contributed by atoms with van der Waals surface area (Å²) in [6.07, 6.45) is 0.785. The molecule has 0 fully saturated rings. The van der Waals surface area contributed by atoms with Crippen LogP contribution in [0.1, 0.15) is 5.56 Å². The highest BCUT2D eigenvalue weighted by Gasteiger charge is 2.13. The number of nitrogens with one attached hydrogen (secondary N) is 1. The van der Waals surface area contributed by atoms with Gasteiger partial charge in [0.15, 0.2) is 11.5 Å². The van der Waals surface area contributed by atoms with Crippen LogP contribution >= 0.6 is 0 Å². The van der Waals surface area contributed by atoms with E-state index < -0.39 is 0 Å². The number of rotatable bonds is 9. The first kappa shape index (κ1) is 21.3. The van der Waals surface area contributed by atoms with Crippen LogP contribution in [0.2, 0.25) is 0 Å². The average molecular weight is 434 g/mol. The fourth-order valence-electron chi connectivity index (χ4n) is 3.49. The Morgan fingerprint density at radius 3 is 2.06 bits per heavy atom. The summed E-state index contributed by atoms with van der Waals surface area (Å²) in [6, 6.07) is 17.5. The Bertz CT molecular complexity index is 1180. The van der Waals surface area contributed by atoms with Crippen LogP contribution in [-0.4, -0.2) is 50.0 Å². The molecule has 8 nitrogen and oxygen atoms in total. The number of methoxy groups -OCH3 is 4. The van der Waals surface area contributed by atoms with Crippen LogP contribution in [0, 0.1) is 0 Å². The number of benzene rings is 3. The molecule has 32 heavy (non-hydrogen) atoms. The van der Waals surface area contributed by atoms with Gasteiger partial charge in [-0.1, -0.05) is 0 Å². The third kappa shape index (κ3) is 4.39. The van der Waals surface area contributed by atoms with E-state index in [1.807, 2.05) is 54.6 Å². The second-order valence-electron chi connectivity index (χ2n) is 7.10. The van der Waals surface area contributed by atoms with E-state index in [0.717, 1.165) is 46.7 Å². The van der Waals surface area contributed by atoms with E-state index in [-0.39, 0.29) is 0 Å². The van der Waals surface area contributed by atoms with Gasteiger partial charge >= 0.3 is 0 Å². The predicted molar refractivity (Wildman–Crippen MR) is 124 cm³/mol. The van der Waals surface area contributed by atoms with Gasteiger partial charge in [-0.25, -0.2) is 0 Å². The summed E-state index contributed by atoms with van der Waals surface area (Å²) in [6.45, 7) is 0.733. The van der Waals surface area contributed by atoms with Crippen molar-refractivity contribution in [2.24, 2.45) is 0 Å². The van der Waals surface area contributed by atoms with Gasteiger partial charge in [0.05, 0.1) is 34.1 Å². The van der Waals surface area contributed by atoms with Crippen LogP contribution in [0.4, 0.5) is 5.69 Å². The van der Waals surface area contributed by atoms with Gasteiger partial charge in [-0.3, -0.25) is 0 Å². The molecule has 0 radical (unpaired) electrons. The van der Waals surface area contributed by atoms with Gasteiger partial charge in [0.25, 0.3) is 0 Å². The largest absolute Gasteiger partial charge is 0.497 e. The Balaban J connectivity index is 1.46. The van der Waals surface area contributed by atoms with E-state index in [2.05, 4.69) is 15.5 Å². The zero-order valence-corrected chi connectivity index (χ0v) is 18.6. The maximum absolute atomic E-state index is 5.43. The molecule has 0 saturated carbocycles. The SMILES string of the molecule is COc1ccc(-n2nc3ccc(NCCc4cc(OC)c(OC)c(OC)c4)cc3n2)cc1. The zero-order valence-electron chi connectivity index (χ0n) is 18.6. The van der Waals surface area contributed by atoms with Gasteiger partial charge in [0.2, 0.25) is 5.75 Å². The van der Waals surface area contributed by atoms with E-state index in [9.17, 15) is 0 Å². The van der Waals surface area contributed by atoms with Crippen molar-refractivity contribution in [1.29, 1.82) is 0 Å². The van der Waals surface area contributed by atoms with Crippen molar-refractivity contribution < 1.29 is 18.9 Å². The molecule has 4 aromatic rings. The van der Waals surface area contributed by atoms with Crippen LogP contribution in [0.3, 0.4) is 0 Å². The molecular weight excluding hydrogens is 408 g/mol. The van der Waals surface area contributed by atoms with E-state index >= 15 is 0 Å². The van der Waals surface area contributed by atoms with E-state index in [1.165, 1.54) is 0 Å². The second kappa shape index (κ2) is 9.47. The van der Waals surface area contributed by atoms with E-state index in [4.69, 9.17) is 18.9 Å². The number of anilines is 1. The van der Waals surface area contributed by atoms with Crippen LogP contribution in [0.15, 0.2) is 54.6 Å². The highest BCUT2D eigenvalue weighted by molar-refractivity contribution is 5.78. The normalized spacial score (nSPS) is 10.8. The van der Waals surface area contributed by atoms with Gasteiger partial charge in [0.1, 0.15) is 16.8 Å². The quantitative estimate of drug-likeness (QED) is 0.425. The topological polar surface area (TPSA) is 79.7 Å². The van der Waals surface area contributed by atoms with Gasteiger partial charge in [-0.05, 0) is 66.6 Å². The highest BCUT2D eigenvalue weighted by Crippen LogP contribution is 2.38. The maximum Gasteiger partial charge on any atom is 0.203 e. The smallest absolute Gasteiger partial charge is 0.203 e. The Morgan fingerprint density at radius 1 is 0.750 bits per heavy atom. The molecular formula is C24H26N4O4. The van der Waals surface area contributed by atoms with Crippen LogP contribution in [0.5, 0.6) is 23.0 Å². The number of ether oxygens (including phenoxy) is 4. The number of fused-ring (bicyclic) bond motifs is 1. The Hall–Kier alpha value is -3.94. The van der Waals surface area contributed by atoms with E-state index in [1.54, 1.807) is 33.2 Å². The van der Waals surface area contributed by atoms with Gasteiger partial charge in [-0.2, -0.15) is 4.80 Å². The monoisotopic (exact) mass is 434 g/mol. The van der Waals surface area contributed by atoms with Crippen molar-refractivity contribution >= 4 is 16.7 Å². The number of hydrogen-bond donors (Lipinski definition) is 1. The molecule has 1 aromatic heterocycles. The lowest BCUT2D eigenvalue weighted by atomic mass is 10.1. The van der Waals surface area contributed by atoms with Crippen molar-refractivity contribution in [3.63, 3.8) is 0 Å². The first-order chi connectivity index (χ1) is 15.6.